The van der Waals surface area contributed by atoms with Crippen LogP contribution in [-0.2, 0) is 19.1 Å². The zero-order chi connectivity index (χ0) is 27.4. The van der Waals surface area contributed by atoms with E-state index in [1.807, 2.05) is 0 Å². The summed E-state index contributed by atoms with van der Waals surface area (Å²) in [5.41, 5.74) is 0.810. The minimum Gasteiger partial charge on any atom is -0.480 e. The van der Waals surface area contributed by atoms with E-state index in [4.69, 9.17) is 19.6 Å². The quantitative estimate of drug-likeness (QED) is 0.410. The summed E-state index contributed by atoms with van der Waals surface area (Å²) in [4.78, 5) is 34.5. The molecule has 1 saturated heterocycles. The maximum atomic E-state index is 14.6. The summed E-state index contributed by atoms with van der Waals surface area (Å²) >= 11 is 4.63. The molecule has 14 heteroatoms. The standard InChI is InChI=1S/C24H24BrF3N4O5S/c1-2-36-23(35)19-17(10-32-9-14(37-11-18(33)34)8-24(27,28)12-32)30-21(22-29-5-6-38-22)31-20(19)15-4-3-13(26)7-16(15)25/h3-7,14,20H,2,8-12H2,1H3,(H,30,31)(H,33,34). The first-order valence-electron chi connectivity index (χ1n) is 11.6. The molecule has 38 heavy (non-hydrogen) atoms. The van der Waals surface area contributed by atoms with Crippen LogP contribution in [0.1, 0.15) is 30.0 Å². The maximum absolute atomic E-state index is 14.6. The number of hydrogen-bond acceptors (Lipinski definition) is 9. The molecule has 0 radical (unpaired) electrons. The van der Waals surface area contributed by atoms with Gasteiger partial charge >= 0.3 is 11.9 Å². The van der Waals surface area contributed by atoms with Gasteiger partial charge in [-0.15, -0.1) is 11.3 Å². The van der Waals surface area contributed by atoms with Crippen molar-refractivity contribution in [3.8, 4) is 0 Å². The Bertz CT molecular complexity index is 1260. The van der Waals surface area contributed by atoms with Crippen molar-refractivity contribution < 1.29 is 37.3 Å². The number of thiazole rings is 1. The Morgan fingerprint density at radius 1 is 1.37 bits per heavy atom. The number of carboxylic acids is 1. The Hall–Kier alpha value is -2.81. The van der Waals surface area contributed by atoms with Crippen molar-refractivity contribution >= 4 is 45.0 Å². The lowest BCUT2D eigenvalue weighted by atomic mass is 9.94. The van der Waals surface area contributed by atoms with Gasteiger partial charge in [-0.3, -0.25) is 9.89 Å². The van der Waals surface area contributed by atoms with Crippen molar-refractivity contribution in [2.24, 2.45) is 4.99 Å². The molecule has 0 saturated carbocycles. The second-order valence-corrected chi connectivity index (χ2v) is 10.4. The Kier molecular flexibility index (Phi) is 8.85. The van der Waals surface area contributed by atoms with Crippen LogP contribution in [0.5, 0.6) is 0 Å². The third-order valence-electron chi connectivity index (χ3n) is 5.78. The number of aliphatic imine (C=N–C) groups is 1. The molecule has 1 aromatic heterocycles. The maximum Gasteiger partial charge on any atom is 0.338 e. The molecule has 4 rings (SSSR count). The van der Waals surface area contributed by atoms with Crippen molar-refractivity contribution in [1.29, 1.82) is 0 Å². The summed E-state index contributed by atoms with van der Waals surface area (Å²) in [6.45, 7) is 0.232. The van der Waals surface area contributed by atoms with Crippen LogP contribution in [0.25, 0.3) is 0 Å². The number of likely N-dealkylation sites (tertiary alicyclic amines) is 1. The molecule has 9 nitrogen and oxygen atoms in total. The average molecular weight is 617 g/mol. The zero-order valence-corrected chi connectivity index (χ0v) is 22.5. The second kappa shape index (κ2) is 11.9. The van der Waals surface area contributed by atoms with Crippen molar-refractivity contribution in [2.45, 2.75) is 31.4 Å². The summed E-state index contributed by atoms with van der Waals surface area (Å²) in [5, 5.41) is 14.2. The molecule has 2 aliphatic rings. The number of aromatic nitrogens is 1. The van der Waals surface area contributed by atoms with Gasteiger partial charge in [-0.1, -0.05) is 22.0 Å². The van der Waals surface area contributed by atoms with Crippen LogP contribution in [0.4, 0.5) is 13.2 Å². The van der Waals surface area contributed by atoms with Gasteiger partial charge in [0.05, 0.1) is 24.8 Å². The first kappa shape index (κ1) is 28.2. The van der Waals surface area contributed by atoms with E-state index >= 15 is 0 Å². The Morgan fingerprint density at radius 3 is 2.82 bits per heavy atom. The molecule has 0 amide bonds. The SMILES string of the molecule is CCOC(=O)C1=C(CN2CC(OCC(=O)O)CC(F)(F)C2)NC(c2nccs2)=NC1c1ccc(F)cc1Br. The highest BCUT2D eigenvalue weighted by Gasteiger charge is 2.42. The van der Waals surface area contributed by atoms with E-state index < -0.39 is 55.4 Å². The fourth-order valence-corrected chi connectivity index (χ4v) is 5.51. The van der Waals surface area contributed by atoms with Gasteiger partial charge in [-0.05, 0) is 24.6 Å². The molecule has 2 N–H and O–H groups in total. The van der Waals surface area contributed by atoms with E-state index in [2.05, 4.69) is 26.2 Å². The summed E-state index contributed by atoms with van der Waals surface area (Å²) in [5.74, 6) is -5.30. The number of hydrogen-bond donors (Lipinski definition) is 2. The Balaban J connectivity index is 1.75. The number of aliphatic carboxylic acids is 1. The summed E-state index contributed by atoms with van der Waals surface area (Å²) in [6, 6.07) is 3.01. The van der Waals surface area contributed by atoms with Gasteiger partial charge in [0.2, 0.25) is 0 Å². The molecular weight excluding hydrogens is 593 g/mol. The fraction of sp³-hybridized carbons (Fsp3) is 0.417. The van der Waals surface area contributed by atoms with Crippen molar-refractivity contribution in [2.75, 3.05) is 32.8 Å². The number of piperidine rings is 1. The van der Waals surface area contributed by atoms with Crippen molar-refractivity contribution in [3.05, 3.63) is 61.9 Å². The fourth-order valence-electron chi connectivity index (χ4n) is 4.35. The van der Waals surface area contributed by atoms with E-state index in [0.717, 1.165) is 0 Å². The average Bonchev–Trinajstić information content (AvgIpc) is 3.37. The highest BCUT2D eigenvalue weighted by atomic mass is 79.9. The minimum atomic E-state index is -3.15. The number of benzene rings is 1. The number of nitrogens with zero attached hydrogens (tertiary/aromatic N) is 3. The molecular formula is C24H24BrF3N4O5S. The van der Waals surface area contributed by atoms with Crippen molar-refractivity contribution in [3.63, 3.8) is 0 Å². The molecule has 0 aliphatic carbocycles. The monoisotopic (exact) mass is 616 g/mol. The number of carbonyl (C=O) groups excluding carboxylic acids is 1. The third kappa shape index (κ3) is 6.79. The molecule has 1 aromatic carbocycles. The van der Waals surface area contributed by atoms with E-state index in [9.17, 15) is 22.8 Å². The highest BCUT2D eigenvalue weighted by Crippen LogP contribution is 2.38. The minimum absolute atomic E-state index is 0.0127. The van der Waals surface area contributed by atoms with Crippen LogP contribution >= 0.6 is 27.3 Å². The zero-order valence-electron chi connectivity index (χ0n) is 20.1. The topological polar surface area (TPSA) is 113 Å². The van der Waals surface area contributed by atoms with Gasteiger partial charge in [0.1, 0.15) is 18.5 Å². The lowest BCUT2D eigenvalue weighted by molar-refractivity contribution is -0.154. The molecule has 2 aromatic rings. The predicted octanol–water partition coefficient (Wildman–Crippen LogP) is 3.76. The first-order valence-corrected chi connectivity index (χ1v) is 13.3. The first-order chi connectivity index (χ1) is 18.1. The van der Waals surface area contributed by atoms with Crippen LogP contribution in [0, 0.1) is 5.82 Å². The van der Waals surface area contributed by atoms with Crippen LogP contribution in [-0.4, -0.2) is 77.6 Å². The lowest BCUT2D eigenvalue weighted by Gasteiger charge is -2.38. The Labute approximate surface area is 228 Å². The van der Waals surface area contributed by atoms with Gasteiger partial charge < -0.3 is 19.9 Å². The summed E-state index contributed by atoms with van der Waals surface area (Å²) in [7, 11) is 0. The normalized spacial score (nSPS) is 21.6. The number of alkyl halides is 2. The Morgan fingerprint density at radius 2 is 2.16 bits per heavy atom. The molecule has 3 heterocycles. The van der Waals surface area contributed by atoms with Gasteiger partial charge in [0, 0.05) is 41.3 Å². The molecule has 2 aliphatic heterocycles. The molecule has 1 fully saturated rings. The van der Waals surface area contributed by atoms with E-state index in [1.54, 1.807) is 18.5 Å². The van der Waals surface area contributed by atoms with Crippen LogP contribution in [0.15, 0.2) is 50.5 Å². The van der Waals surface area contributed by atoms with Gasteiger partial charge in [-0.25, -0.2) is 27.7 Å². The third-order valence-corrected chi connectivity index (χ3v) is 7.25. The molecule has 2 atom stereocenters. The molecule has 0 spiro atoms. The van der Waals surface area contributed by atoms with Crippen molar-refractivity contribution in [1.82, 2.24) is 15.2 Å². The van der Waals surface area contributed by atoms with E-state index in [1.165, 1.54) is 34.4 Å². The number of amidine groups is 1. The van der Waals surface area contributed by atoms with Gasteiger partial charge in [-0.2, -0.15) is 0 Å². The van der Waals surface area contributed by atoms with E-state index in [-0.39, 0.29) is 31.0 Å². The number of ether oxygens (including phenoxy) is 2. The lowest BCUT2D eigenvalue weighted by Crippen LogP contribution is -2.52. The second-order valence-electron chi connectivity index (χ2n) is 8.68. The molecule has 2 unspecified atom stereocenters. The summed E-state index contributed by atoms with van der Waals surface area (Å²) < 4.78 is 54.0. The number of carboxylic acid groups (broad SMARTS) is 1. The smallest absolute Gasteiger partial charge is 0.338 e. The molecule has 204 valence electrons. The number of halogens is 4. The summed E-state index contributed by atoms with van der Waals surface area (Å²) in [6.07, 6.45) is -0.0723. The molecule has 0 bridgehead atoms. The van der Waals surface area contributed by atoms with Gasteiger partial charge in [0.25, 0.3) is 5.92 Å². The van der Waals surface area contributed by atoms with Crippen LogP contribution < -0.4 is 5.32 Å². The number of esters is 1. The van der Waals surface area contributed by atoms with Gasteiger partial charge in [0.15, 0.2) is 10.8 Å². The van der Waals surface area contributed by atoms with Crippen LogP contribution in [0.3, 0.4) is 0 Å². The number of rotatable bonds is 9. The van der Waals surface area contributed by atoms with E-state index in [0.29, 0.717) is 20.9 Å². The highest BCUT2D eigenvalue weighted by molar-refractivity contribution is 9.10. The number of nitrogens with one attached hydrogen (secondary N) is 1. The van der Waals surface area contributed by atoms with Crippen LogP contribution in [0.2, 0.25) is 0 Å². The predicted molar refractivity (Wildman–Crippen MR) is 136 cm³/mol. The number of carbonyl (C=O) groups is 2. The largest absolute Gasteiger partial charge is 0.480 e.